The standard InChI is InChI=1S/C33H41FO2/c1-5-8-11-29(36-31-13-9-12-30(23-31)35-24-28-16-17-28)20-18-26(7-3)14-15-27-19-21-32(33(34)22-27)25(4)10-6-2/h7,9,12-13,18-23,25,28-29H,5-6,10,14-17,24H2,1-4H3/b20-18-,26-7-. The molecule has 0 aromatic heterocycles. The van der Waals surface area contributed by atoms with Gasteiger partial charge in [0.2, 0.25) is 0 Å². The first-order chi connectivity index (χ1) is 17.5. The lowest BCUT2D eigenvalue weighted by Gasteiger charge is -2.13. The van der Waals surface area contributed by atoms with Crippen LogP contribution in [0.15, 0.2) is 66.3 Å². The molecule has 36 heavy (non-hydrogen) atoms. The molecule has 0 heterocycles. The summed E-state index contributed by atoms with van der Waals surface area (Å²) in [4.78, 5) is 0. The highest BCUT2D eigenvalue weighted by Crippen LogP contribution is 2.30. The summed E-state index contributed by atoms with van der Waals surface area (Å²) in [7, 11) is 0. The van der Waals surface area contributed by atoms with Crippen molar-refractivity contribution < 1.29 is 13.9 Å². The second kappa shape index (κ2) is 14.5. The Labute approximate surface area is 217 Å². The van der Waals surface area contributed by atoms with E-state index in [1.165, 1.54) is 18.4 Å². The van der Waals surface area contributed by atoms with Crippen LogP contribution in [0.25, 0.3) is 0 Å². The third kappa shape index (κ3) is 9.23. The van der Waals surface area contributed by atoms with Crippen LogP contribution in [0.3, 0.4) is 0 Å². The summed E-state index contributed by atoms with van der Waals surface area (Å²) >= 11 is 0. The number of aryl methyl sites for hydroxylation is 1. The van der Waals surface area contributed by atoms with Crippen molar-refractivity contribution in [3.05, 3.63) is 83.2 Å². The van der Waals surface area contributed by atoms with E-state index in [0.29, 0.717) is 5.92 Å². The Hall–Kier alpha value is -2.99. The third-order valence-corrected chi connectivity index (χ3v) is 6.55. The minimum absolute atomic E-state index is 0.0855. The maximum absolute atomic E-state index is 14.7. The Kier molecular flexibility index (Phi) is 11.1. The van der Waals surface area contributed by atoms with Crippen molar-refractivity contribution in [2.75, 3.05) is 6.61 Å². The summed E-state index contributed by atoms with van der Waals surface area (Å²) in [6, 6.07) is 13.5. The normalized spacial score (nSPS) is 15.3. The SMILES string of the molecule is C/C=C(\C=C/C(C#CCC)Oc1cccc(OCC2CC2)c1)CCc1ccc(C(C)CCC)c(F)c1. The lowest BCUT2D eigenvalue weighted by Crippen LogP contribution is -2.11. The van der Waals surface area contributed by atoms with Gasteiger partial charge in [-0.1, -0.05) is 75.0 Å². The molecule has 0 amide bonds. The van der Waals surface area contributed by atoms with Crippen LogP contribution in [0.5, 0.6) is 11.5 Å². The molecule has 2 unspecified atom stereocenters. The van der Waals surface area contributed by atoms with Crippen molar-refractivity contribution in [3.8, 4) is 23.3 Å². The van der Waals surface area contributed by atoms with Crippen molar-refractivity contribution in [2.45, 2.75) is 84.7 Å². The van der Waals surface area contributed by atoms with Gasteiger partial charge in [0.05, 0.1) is 6.61 Å². The summed E-state index contributed by atoms with van der Waals surface area (Å²) in [5.41, 5.74) is 3.02. The van der Waals surface area contributed by atoms with Gasteiger partial charge >= 0.3 is 0 Å². The van der Waals surface area contributed by atoms with Crippen LogP contribution in [0.1, 0.15) is 83.3 Å². The van der Waals surface area contributed by atoms with Crippen LogP contribution in [-0.4, -0.2) is 12.7 Å². The number of halogens is 1. The van der Waals surface area contributed by atoms with Crippen LogP contribution in [0.4, 0.5) is 4.39 Å². The van der Waals surface area contributed by atoms with Gasteiger partial charge in [-0.15, -0.1) is 0 Å². The van der Waals surface area contributed by atoms with E-state index in [-0.39, 0.29) is 17.8 Å². The molecule has 0 aliphatic heterocycles. The zero-order valence-corrected chi connectivity index (χ0v) is 22.4. The number of rotatable bonds is 13. The lowest BCUT2D eigenvalue weighted by molar-refractivity contribution is 0.286. The molecule has 3 heteroatoms. The first kappa shape index (κ1) is 27.6. The van der Waals surface area contributed by atoms with Gasteiger partial charge in [-0.05, 0) is 86.3 Å². The Morgan fingerprint density at radius 1 is 1.14 bits per heavy atom. The monoisotopic (exact) mass is 488 g/mol. The number of ether oxygens (including phenoxy) is 2. The largest absolute Gasteiger partial charge is 0.493 e. The molecule has 2 nitrogen and oxygen atoms in total. The third-order valence-electron chi connectivity index (χ3n) is 6.55. The molecule has 2 aromatic carbocycles. The Balaban J connectivity index is 1.60. The molecule has 0 saturated heterocycles. The molecule has 2 atom stereocenters. The fraction of sp³-hybridized carbons (Fsp3) is 0.455. The second-order valence-corrected chi connectivity index (χ2v) is 9.71. The first-order valence-electron chi connectivity index (χ1n) is 13.5. The van der Waals surface area contributed by atoms with Crippen molar-refractivity contribution in [2.24, 2.45) is 5.92 Å². The molecule has 2 aromatic rings. The summed E-state index contributed by atoms with van der Waals surface area (Å²) < 4.78 is 26.7. The molecule has 1 aliphatic rings. The first-order valence-corrected chi connectivity index (χ1v) is 13.5. The van der Waals surface area contributed by atoms with Crippen LogP contribution in [-0.2, 0) is 6.42 Å². The minimum Gasteiger partial charge on any atom is -0.493 e. The van der Waals surface area contributed by atoms with Crippen LogP contribution in [0, 0.1) is 23.6 Å². The van der Waals surface area contributed by atoms with E-state index < -0.39 is 0 Å². The van der Waals surface area contributed by atoms with Gasteiger partial charge in [0.1, 0.15) is 17.3 Å². The summed E-state index contributed by atoms with van der Waals surface area (Å²) in [6.45, 7) is 9.08. The van der Waals surface area contributed by atoms with Gasteiger partial charge in [-0.2, -0.15) is 0 Å². The number of hydrogen-bond acceptors (Lipinski definition) is 2. The molecule has 192 valence electrons. The smallest absolute Gasteiger partial charge is 0.177 e. The van der Waals surface area contributed by atoms with Crippen molar-refractivity contribution >= 4 is 0 Å². The van der Waals surface area contributed by atoms with Crippen LogP contribution >= 0.6 is 0 Å². The Morgan fingerprint density at radius 3 is 2.64 bits per heavy atom. The quantitative estimate of drug-likeness (QED) is 0.207. The number of benzene rings is 2. The van der Waals surface area contributed by atoms with Gasteiger partial charge in [0.15, 0.2) is 6.10 Å². The molecule has 0 bridgehead atoms. The highest BCUT2D eigenvalue weighted by Gasteiger charge is 2.22. The van der Waals surface area contributed by atoms with Crippen molar-refractivity contribution in [1.29, 1.82) is 0 Å². The van der Waals surface area contributed by atoms with E-state index in [0.717, 1.165) is 61.3 Å². The fourth-order valence-corrected chi connectivity index (χ4v) is 4.14. The molecule has 3 rings (SSSR count). The van der Waals surface area contributed by atoms with E-state index in [1.54, 1.807) is 6.07 Å². The highest BCUT2D eigenvalue weighted by molar-refractivity contribution is 5.35. The van der Waals surface area contributed by atoms with Gasteiger partial charge in [0.25, 0.3) is 0 Å². The van der Waals surface area contributed by atoms with E-state index >= 15 is 0 Å². The van der Waals surface area contributed by atoms with E-state index in [4.69, 9.17) is 9.47 Å². The van der Waals surface area contributed by atoms with E-state index in [9.17, 15) is 4.39 Å². The Bertz CT molecular complexity index is 1080. The van der Waals surface area contributed by atoms with Gasteiger partial charge < -0.3 is 9.47 Å². The zero-order valence-electron chi connectivity index (χ0n) is 22.4. The van der Waals surface area contributed by atoms with Crippen molar-refractivity contribution in [3.63, 3.8) is 0 Å². The Morgan fingerprint density at radius 2 is 1.94 bits per heavy atom. The molecule has 1 saturated carbocycles. The van der Waals surface area contributed by atoms with Crippen LogP contribution < -0.4 is 9.47 Å². The van der Waals surface area contributed by atoms with Gasteiger partial charge in [-0.25, -0.2) is 4.39 Å². The van der Waals surface area contributed by atoms with Gasteiger partial charge in [0, 0.05) is 12.5 Å². The highest BCUT2D eigenvalue weighted by atomic mass is 19.1. The predicted molar refractivity (Wildman–Crippen MR) is 148 cm³/mol. The lowest BCUT2D eigenvalue weighted by atomic mass is 9.94. The van der Waals surface area contributed by atoms with Crippen molar-refractivity contribution in [1.82, 2.24) is 0 Å². The maximum atomic E-state index is 14.7. The predicted octanol–water partition coefficient (Wildman–Crippen LogP) is 8.81. The molecular formula is C33H41FO2. The molecular weight excluding hydrogens is 447 g/mol. The maximum Gasteiger partial charge on any atom is 0.177 e. The number of hydrogen-bond donors (Lipinski definition) is 0. The molecule has 0 spiro atoms. The van der Waals surface area contributed by atoms with E-state index in [2.05, 4.69) is 43.9 Å². The number of allylic oxidation sites excluding steroid dienone is 3. The molecule has 1 fully saturated rings. The summed E-state index contributed by atoms with van der Waals surface area (Å²) in [5.74, 6) is 8.81. The summed E-state index contributed by atoms with van der Waals surface area (Å²) in [5, 5.41) is 0. The molecule has 0 N–H and O–H groups in total. The van der Waals surface area contributed by atoms with Gasteiger partial charge in [-0.3, -0.25) is 0 Å². The second-order valence-electron chi connectivity index (χ2n) is 9.71. The zero-order chi connectivity index (χ0) is 25.8. The minimum atomic E-state index is -0.352. The average Bonchev–Trinajstić information content (AvgIpc) is 3.71. The van der Waals surface area contributed by atoms with Crippen LogP contribution in [0.2, 0.25) is 0 Å². The molecule has 1 aliphatic carbocycles. The topological polar surface area (TPSA) is 18.5 Å². The summed E-state index contributed by atoms with van der Waals surface area (Å²) in [6.07, 6.45) is 12.8. The van der Waals surface area contributed by atoms with E-state index in [1.807, 2.05) is 50.3 Å². The fourth-order valence-electron chi connectivity index (χ4n) is 4.14. The molecule has 0 radical (unpaired) electrons. The average molecular weight is 489 g/mol.